The van der Waals surface area contributed by atoms with Gasteiger partial charge in [-0.05, 0) is 25.1 Å². The molecule has 2 rings (SSSR count). The Morgan fingerprint density at radius 2 is 2.00 bits per heavy atom. The van der Waals surface area contributed by atoms with Gasteiger partial charge in [-0.1, -0.05) is 12.1 Å². The average Bonchev–Trinajstić information content (AvgIpc) is 2.47. The van der Waals surface area contributed by atoms with E-state index in [0.717, 1.165) is 5.69 Å². The van der Waals surface area contributed by atoms with Crippen LogP contribution in [-0.4, -0.2) is 31.5 Å². The van der Waals surface area contributed by atoms with Crippen molar-refractivity contribution in [1.29, 1.82) is 0 Å². The number of hydrogen-bond donors (Lipinski definition) is 0. The SMILES string of the molecule is CCOc1cncc(C(=O)c2cccc(N(C)C)c2)c1. The van der Waals surface area contributed by atoms with Crippen molar-refractivity contribution < 1.29 is 9.53 Å². The van der Waals surface area contributed by atoms with Crippen LogP contribution in [0.25, 0.3) is 0 Å². The molecule has 0 radical (unpaired) electrons. The van der Waals surface area contributed by atoms with E-state index in [-0.39, 0.29) is 5.78 Å². The highest BCUT2D eigenvalue weighted by Crippen LogP contribution is 2.18. The van der Waals surface area contributed by atoms with Crippen molar-refractivity contribution in [2.75, 3.05) is 25.6 Å². The summed E-state index contributed by atoms with van der Waals surface area (Å²) in [5.74, 6) is 0.560. The Balaban J connectivity index is 2.31. The summed E-state index contributed by atoms with van der Waals surface area (Å²) < 4.78 is 5.37. The predicted octanol–water partition coefficient (Wildman–Crippen LogP) is 2.78. The van der Waals surface area contributed by atoms with E-state index >= 15 is 0 Å². The van der Waals surface area contributed by atoms with Crippen LogP contribution < -0.4 is 9.64 Å². The molecule has 0 saturated heterocycles. The molecule has 0 saturated carbocycles. The van der Waals surface area contributed by atoms with Crippen LogP contribution in [0.2, 0.25) is 0 Å². The zero-order chi connectivity index (χ0) is 14.5. The Bertz CT molecular complexity index is 609. The van der Waals surface area contributed by atoms with Crippen LogP contribution in [0.15, 0.2) is 42.7 Å². The van der Waals surface area contributed by atoms with Crippen LogP contribution in [-0.2, 0) is 0 Å². The number of rotatable bonds is 5. The normalized spacial score (nSPS) is 10.2. The zero-order valence-electron chi connectivity index (χ0n) is 12.0. The minimum atomic E-state index is -0.0530. The molecule has 0 unspecified atom stereocenters. The molecule has 1 aromatic heterocycles. The van der Waals surface area contributed by atoms with Gasteiger partial charge < -0.3 is 9.64 Å². The standard InChI is InChI=1S/C16H18N2O2/c1-4-20-15-9-13(10-17-11-15)16(19)12-6-5-7-14(8-12)18(2)3/h5-11H,4H2,1-3H3. The first kappa shape index (κ1) is 14.1. The first-order valence-corrected chi connectivity index (χ1v) is 6.51. The smallest absolute Gasteiger partial charge is 0.194 e. The van der Waals surface area contributed by atoms with Gasteiger partial charge in [0, 0.05) is 37.1 Å². The molecular weight excluding hydrogens is 252 g/mol. The number of carbonyl (C=O) groups excluding carboxylic acids is 1. The van der Waals surface area contributed by atoms with E-state index < -0.39 is 0 Å². The lowest BCUT2D eigenvalue weighted by atomic mass is 10.0. The Hall–Kier alpha value is -2.36. The summed E-state index contributed by atoms with van der Waals surface area (Å²) in [6, 6.07) is 9.24. The molecule has 0 N–H and O–H groups in total. The van der Waals surface area contributed by atoms with E-state index in [1.807, 2.05) is 50.2 Å². The molecule has 0 atom stereocenters. The number of anilines is 1. The fourth-order valence-corrected chi connectivity index (χ4v) is 1.88. The van der Waals surface area contributed by atoms with Gasteiger partial charge in [-0.3, -0.25) is 9.78 Å². The number of benzene rings is 1. The summed E-state index contributed by atoms with van der Waals surface area (Å²) in [4.78, 5) is 18.5. The van der Waals surface area contributed by atoms with Crippen LogP contribution in [0.3, 0.4) is 0 Å². The molecular formula is C16H18N2O2. The van der Waals surface area contributed by atoms with Gasteiger partial charge in [-0.2, -0.15) is 0 Å². The van der Waals surface area contributed by atoms with Crippen molar-refractivity contribution in [2.24, 2.45) is 0 Å². The summed E-state index contributed by atoms with van der Waals surface area (Å²) in [5, 5.41) is 0. The van der Waals surface area contributed by atoms with Crippen LogP contribution >= 0.6 is 0 Å². The molecule has 2 aromatic rings. The number of aromatic nitrogens is 1. The van der Waals surface area contributed by atoms with E-state index in [4.69, 9.17) is 4.74 Å². The number of nitrogens with zero attached hydrogens (tertiary/aromatic N) is 2. The van der Waals surface area contributed by atoms with Crippen molar-refractivity contribution >= 4 is 11.5 Å². The Morgan fingerprint density at radius 3 is 2.70 bits per heavy atom. The zero-order valence-corrected chi connectivity index (χ0v) is 12.0. The predicted molar refractivity (Wildman–Crippen MR) is 79.6 cm³/mol. The van der Waals surface area contributed by atoms with E-state index in [1.165, 1.54) is 0 Å². The maximum absolute atomic E-state index is 12.5. The molecule has 4 nitrogen and oxygen atoms in total. The first-order chi connectivity index (χ1) is 9.61. The second-order valence-corrected chi connectivity index (χ2v) is 4.62. The minimum Gasteiger partial charge on any atom is -0.492 e. The summed E-state index contributed by atoms with van der Waals surface area (Å²) >= 11 is 0. The molecule has 104 valence electrons. The third-order valence-corrected chi connectivity index (χ3v) is 2.91. The second kappa shape index (κ2) is 6.19. The van der Waals surface area contributed by atoms with E-state index in [9.17, 15) is 4.79 Å². The lowest BCUT2D eigenvalue weighted by Crippen LogP contribution is -2.10. The number of ether oxygens (including phenoxy) is 1. The summed E-state index contributed by atoms with van der Waals surface area (Å²) in [7, 11) is 3.89. The second-order valence-electron chi connectivity index (χ2n) is 4.62. The van der Waals surface area contributed by atoms with E-state index in [2.05, 4.69) is 4.98 Å². The molecule has 4 heteroatoms. The first-order valence-electron chi connectivity index (χ1n) is 6.51. The maximum Gasteiger partial charge on any atom is 0.194 e. The van der Waals surface area contributed by atoms with Crippen molar-refractivity contribution in [3.05, 3.63) is 53.9 Å². The Kier molecular flexibility index (Phi) is 4.35. The highest BCUT2D eigenvalue weighted by Gasteiger charge is 2.11. The van der Waals surface area contributed by atoms with Crippen LogP contribution in [0.1, 0.15) is 22.8 Å². The Morgan fingerprint density at radius 1 is 1.20 bits per heavy atom. The molecule has 1 aromatic carbocycles. The quantitative estimate of drug-likeness (QED) is 0.783. The molecule has 0 aliphatic heterocycles. The van der Waals surface area contributed by atoms with Gasteiger partial charge in [0.25, 0.3) is 0 Å². The third kappa shape index (κ3) is 3.15. The summed E-state index contributed by atoms with van der Waals surface area (Å²) in [6.45, 7) is 2.45. The van der Waals surface area contributed by atoms with Gasteiger partial charge in [0.15, 0.2) is 5.78 Å². The molecule has 20 heavy (non-hydrogen) atoms. The third-order valence-electron chi connectivity index (χ3n) is 2.91. The summed E-state index contributed by atoms with van der Waals surface area (Å²) in [6.07, 6.45) is 3.17. The van der Waals surface area contributed by atoms with E-state index in [0.29, 0.717) is 23.5 Å². The molecule has 0 bridgehead atoms. The molecule has 0 aliphatic carbocycles. The van der Waals surface area contributed by atoms with Crippen LogP contribution in [0, 0.1) is 0 Å². The van der Waals surface area contributed by atoms with Crippen LogP contribution in [0.5, 0.6) is 5.75 Å². The van der Waals surface area contributed by atoms with Gasteiger partial charge in [0.2, 0.25) is 0 Å². The van der Waals surface area contributed by atoms with Crippen LogP contribution in [0.4, 0.5) is 5.69 Å². The number of carbonyl (C=O) groups is 1. The lowest BCUT2D eigenvalue weighted by Gasteiger charge is -2.13. The number of pyridine rings is 1. The highest BCUT2D eigenvalue weighted by atomic mass is 16.5. The minimum absolute atomic E-state index is 0.0530. The molecule has 0 spiro atoms. The Labute approximate surface area is 119 Å². The molecule has 0 aliphatic rings. The monoisotopic (exact) mass is 270 g/mol. The largest absolute Gasteiger partial charge is 0.492 e. The van der Waals surface area contributed by atoms with Gasteiger partial charge in [-0.15, -0.1) is 0 Å². The van der Waals surface area contributed by atoms with E-state index in [1.54, 1.807) is 18.5 Å². The fourth-order valence-electron chi connectivity index (χ4n) is 1.88. The highest BCUT2D eigenvalue weighted by molar-refractivity contribution is 6.09. The lowest BCUT2D eigenvalue weighted by molar-refractivity contribution is 0.103. The van der Waals surface area contributed by atoms with Crippen molar-refractivity contribution in [2.45, 2.75) is 6.92 Å². The fraction of sp³-hybridized carbons (Fsp3) is 0.250. The van der Waals surface area contributed by atoms with Gasteiger partial charge in [0.1, 0.15) is 5.75 Å². The topological polar surface area (TPSA) is 42.4 Å². The van der Waals surface area contributed by atoms with Crippen molar-refractivity contribution in [3.8, 4) is 5.75 Å². The maximum atomic E-state index is 12.5. The van der Waals surface area contributed by atoms with Gasteiger partial charge >= 0.3 is 0 Å². The van der Waals surface area contributed by atoms with Gasteiger partial charge in [-0.25, -0.2) is 0 Å². The van der Waals surface area contributed by atoms with Gasteiger partial charge in [0.05, 0.1) is 12.8 Å². The number of hydrogen-bond acceptors (Lipinski definition) is 4. The summed E-state index contributed by atoms with van der Waals surface area (Å²) in [5.41, 5.74) is 2.17. The molecule has 0 fully saturated rings. The number of ketones is 1. The van der Waals surface area contributed by atoms with Crippen molar-refractivity contribution in [3.63, 3.8) is 0 Å². The average molecular weight is 270 g/mol. The molecule has 1 heterocycles. The van der Waals surface area contributed by atoms with Crippen molar-refractivity contribution in [1.82, 2.24) is 4.98 Å². The molecule has 0 amide bonds.